The van der Waals surface area contributed by atoms with Crippen LogP contribution in [0.5, 0.6) is 0 Å². The first-order valence-electron chi connectivity index (χ1n) is 8.89. The molecule has 1 aromatic carbocycles. The summed E-state index contributed by atoms with van der Waals surface area (Å²) in [6, 6.07) is 6.78. The Morgan fingerprint density at radius 1 is 1.20 bits per heavy atom. The summed E-state index contributed by atoms with van der Waals surface area (Å²) in [6.45, 7) is 12.1. The van der Waals surface area contributed by atoms with Crippen molar-refractivity contribution in [2.75, 3.05) is 39.9 Å². The quantitative estimate of drug-likeness (QED) is 0.790. The summed E-state index contributed by atoms with van der Waals surface area (Å²) in [6.07, 6.45) is 0. The Labute approximate surface area is 149 Å². The van der Waals surface area contributed by atoms with Gasteiger partial charge in [-0.05, 0) is 42.3 Å². The Morgan fingerprint density at radius 3 is 2.64 bits per heavy atom. The second-order valence-electron chi connectivity index (χ2n) is 6.86. The molecule has 0 unspecified atom stereocenters. The zero-order chi connectivity index (χ0) is 17.8. The number of benzene rings is 1. The molecule has 1 atom stereocenters. The zero-order valence-electron chi connectivity index (χ0n) is 15.6. The van der Waals surface area contributed by atoms with Gasteiger partial charge < -0.3 is 4.74 Å². The van der Waals surface area contributed by atoms with Gasteiger partial charge in [-0.2, -0.15) is 4.68 Å². The third-order valence-corrected chi connectivity index (χ3v) is 4.98. The minimum Gasteiger partial charge on any atom is -0.383 e. The van der Waals surface area contributed by atoms with Gasteiger partial charge in [0.05, 0.1) is 18.8 Å². The number of aromatic nitrogens is 4. The van der Waals surface area contributed by atoms with Crippen LogP contribution in [0.4, 0.5) is 0 Å². The summed E-state index contributed by atoms with van der Waals surface area (Å²) in [4.78, 5) is 4.91. The fraction of sp³-hybridized carbons (Fsp3) is 0.611. The topological polar surface area (TPSA) is 59.3 Å². The van der Waals surface area contributed by atoms with E-state index in [1.54, 1.807) is 7.11 Å². The fourth-order valence-electron chi connectivity index (χ4n) is 3.57. The molecule has 136 valence electrons. The molecule has 0 N–H and O–H groups in total. The molecule has 0 spiro atoms. The van der Waals surface area contributed by atoms with E-state index in [1.165, 1.54) is 11.1 Å². The van der Waals surface area contributed by atoms with E-state index >= 15 is 0 Å². The molecule has 0 radical (unpaired) electrons. The van der Waals surface area contributed by atoms with Crippen LogP contribution in [0.1, 0.15) is 23.9 Å². The molecule has 0 bridgehead atoms. The maximum atomic E-state index is 5.21. The number of ether oxygens (including phenoxy) is 1. The van der Waals surface area contributed by atoms with E-state index in [4.69, 9.17) is 4.74 Å². The van der Waals surface area contributed by atoms with E-state index in [1.807, 2.05) is 4.68 Å². The van der Waals surface area contributed by atoms with Crippen molar-refractivity contribution in [3.05, 3.63) is 35.2 Å². The number of methoxy groups -OCH3 is 1. The van der Waals surface area contributed by atoms with Crippen molar-refractivity contribution < 1.29 is 4.74 Å². The number of piperazine rings is 1. The minimum atomic E-state index is 0.508. The van der Waals surface area contributed by atoms with Gasteiger partial charge in [-0.1, -0.05) is 18.2 Å². The lowest BCUT2D eigenvalue weighted by Gasteiger charge is -2.39. The summed E-state index contributed by atoms with van der Waals surface area (Å²) in [5, 5.41) is 12.5. The number of rotatable bonds is 6. The molecule has 0 amide bonds. The van der Waals surface area contributed by atoms with Crippen LogP contribution in [0.15, 0.2) is 18.2 Å². The highest BCUT2D eigenvalue weighted by Gasteiger charge is 2.25. The van der Waals surface area contributed by atoms with E-state index in [2.05, 4.69) is 64.3 Å². The Balaban J connectivity index is 1.71. The third-order valence-electron chi connectivity index (χ3n) is 4.98. The zero-order valence-corrected chi connectivity index (χ0v) is 15.6. The molecule has 1 fully saturated rings. The van der Waals surface area contributed by atoms with Gasteiger partial charge in [0, 0.05) is 39.3 Å². The Morgan fingerprint density at radius 2 is 1.96 bits per heavy atom. The molecule has 0 aliphatic carbocycles. The standard InChI is InChI=1S/C18H28N6O/c1-14-6-5-7-15(2)18(14)24-17(19-20-21-24)13-22-8-9-23(10-11-25-4)16(3)12-22/h5-7,16H,8-13H2,1-4H3/t16-/m0/s1. The van der Waals surface area contributed by atoms with Crippen molar-refractivity contribution in [3.63, 3.8) is 0 Å². The van der Waals surface area contributed by atoms with Gasteiger partial charge in [0.2, 0.25) is 0 Å². The number of hydrogen-bond acceptors (Lipinski definition) is 6. The molecule has 7 heteroatoms. The predicted octanol–water partition coefficient (Wildman–Crippen LogP) is 1.43. The first-order valence-corrected chi connectivity index (χ1v) is 8.89. The molecular weight excluding hydrogens is 316 g/mol. The van der Waals surface area contributed by atoms with Crippen LogP contribution in [-0.4, -0.2) is 75.9 Å². The van der Waals surface area contributed by atoms with Gasteiger partial charge in [0.15, 0.2) is 5.82 Å². The van der Waals surface area contributed by atoms with Crippen LogP contribution in [0, 0.1) is 13.8 Å². The Hall–Kier alpha value is -1.83. The fourth-order valence-corrected chi connectivity index (χ4v) is 3.57. The third kappa shape index (κ3) is 4.05. The number of tetrazole rings is 1. The summed E-state index contributed by atoms with van der Waals surface area (Å²) in [5.74, 6) is 0.898. The van der Waals surface area contributed by atoms with Gasteiger partial charge in [-0.15, -0.1) is 5.10 Å². The maximum absolute atomic E-state index is 5.21. The second kappa shape index (κ2) is 8.03. The van der Waals surface area contributed by atoms with E-state index in [9.17, 15) is 0 Å². The number of nitrogens with zero attached hydrogens (tertiary/aromatic N) is 6. The molecular formula is C18H28N6O. The van der Waals surface area contributed by atoms with E-state index in [0.717, 1.165) is 50.8 Å². The van der Waals surface area contributed by atoms with Crippen LogP contribution in [0.25, 0.3) is 5.69 Å². The Bertz CT molecular complexity index is 680. The molecule has 2 heterocycles. The molecule has 2 aromatic rings. The molecule has 1 aliphatic rings. The van der Waals surface area contributed by atoms with Crippen LogP contribution in [0.2, 0.25) is 0 Å². The SMILES string of the molecule is COCCN1CCN(Cc2nnnn2-c2c(C)cccc2C)C[C@@H]1C. The molecule has 1 saturated heterocycles. The second-order valence-corrected chi connectivity index (χ2v) is 6.86. The molecule has 1 aromatic heterocycles. The monoisotopic (exact) mass is 344 g/mol. The van der Waals surface area contributed by atoms with Crippen molar-refractivity contribution in [3.8, 4) is 5.69 Å². The smallest absolute Gasteiger partial charge is 0.170 e. The molecule has 25 heavy (non-hydrogen) atoms. The highest BCUT2D eigenvalue weighted by molar-refractivity contribution is 5.46. The van der Waals surface area contributed by atoms with Gasteiger partial charge in [-0.3, -0.25) is 9.80 Å². The number of hydrogen-bond donors (Lipinski definition) is 0. The summed E-state index contributed by atoms with van der Waals surface area (Å²) in [7, 11) is 1.76. The summed E-state index contributed by atoms with van der Waals surface area (Å²) < 4.78 is 7.10. The van der Waals surface area contributed by atoms with Crippen molar-refractivity contribution in [2.24, 2.45) is 0 Å². The normalized spacial score (nSPS) is 19.4. The van der Waals surface area contributed by atoms with Gasteiger partial charge in [0.1, 0.15) is 0 Å². The van der Waals surface area contributed by atoms with Gasteiger partial charge in [0.25, 0.3) is 0 Å². The Kier molecular flexibility index (Phi) is 5.78. The van der Waals surface area contributed by atoms with Crippen LogP contribution in [0.3, 0.4) is 0 Å². The molecule has 7 nitrogen and oxygen atoms in total. The lowest BCUT2D eigenvalue weighted by Crippen LogP contribution is -2.52. The maximum Gasteiger partial charge on any atom is 0.170 e. The van der Waals surface area contributed by atoms with E-state index in [0.29, 0.717) is 6.04 Å². The predicted molar refractivity (Wildman–Crippen MR) is 96.8 cm³/mol. The first-order chi connectivity index (χ1) is 12.1. The van der Waals surface area contributed by atoms with Crippen molar-refractivity contribution in [2.45, 2.75) is 33.4 Å². The lowest BCUT2D eigenvalue weighted by molar-refractivity contribution is 0.0543. The number of aryl methyl sites for hydroxylation is 2. The molecule has 1 aliphatic heterocycles. The summed E-state index contributed by atoms with van der Waals surface area (Å²) >= 11 is 0. The highest BCUT2D eigenvalue weighted by atomic mass is 16.5. The molecule has 0 saturated carbocycles. The highest BCUT2D eigenvalue weighted by Crippen LogP contribution is 2.20. The first kappa shape index (κ1) is 18.0. The van der Waals surface area contributed by atoms with Crippen molar-refractivity contribution in [1.82, 2.24) is 30.0 Å². The van der Waals surface area contributed by atoms with E-state index in [-0.39, 0.29) is 0 Å². The van der Waals surface area contributed by atoms with Crippen LogP contribution in [-0.2, 0) is 11.3 Å². The van der Waals surface area contributed by atoms with Gasteiger partial charge in [-0.25, -0.2) is 0 Å². The average molecular weight is 344 g/mol. The van der Waals surface area contributed by atoms with Gasteiger partial charge >= 0.3 is 0 Å². The van der Waals surface area contributed by atoms with E-state index < -0.39 is 0 Å². The lowest BCUT2D eigenvalue weighted by atomic mass is 10.1. The minimum absolute atomic E-state index is 0.508. The van der Waals surface area contributed by atoms with Crippen LogP contribution >= 0.6 is 0 Å². The average Bonchev–Trinajstić information content (AvgIpc) is 3.02. The molecule has 3 rings (SSSR count). The number of para-hydroxylation sites is 1. The van der Waals surface area contributed by atoms with Crippen molar-refractivity contribution in [1.29, 1.82) is 0 Å². The van der Waals surface area contributed by atoms with Crippen molar-refractivity contribution >= 4 is 0 Å². The van der Waals surface area contributed by atoms with Crippen LogP contribution < -0.4 is 0 Å². The largest absolute Gasteiger partial charge is 0.383 e. The summed E-state index contributed by atoms with van der Waals surface area (Å²) in [5.41, 5.74) is 3.46.